The minimum atomic E-state index is 0.472. The van der Waals surface area contributed by atoms with Gasteiger partial charge in [-0.1, -0.05) is 52.4 Å². The molecule has 0 aliphatic carbocycles. The van der Waals surface area contributed by atoms with E-state index >= 15 is 0 Å². The molecule has 2 rings (SSSR count). The summed E-state index contributed by atoms with van der Waals surface area (Å²) in [5, 5.41) is 0. The van der Waals surface area contributed by atoms with Gasteiger partial charge in [0.2, 0.25) is 0 Å². The van der Waals surface area contributed by atoms with Gasteiger partial charge < -0.3 is 10.3 Å². The quantitative estimate of drug-likeness (QED) is 0.705. The molecule has 2 aromatic rings. The van der Waals surface area contributed by atoms with Crippen molar-refractivity contribution in [3.05, 3.63) is 12.7 Å². The van der Waals surface area contributed by atoms with E-state index < -0.39 is 0 Å². The number of aromatic nitrogens is 4. The predicted octanol–water partition coefficient (Wildman–Crippen LogP) is 4.11. The number of nitrogen functional groups attached to an aromatic ring is 1. The van der Waals surface area contributed by atoms with Gasteiger partial charge in [0, 0.05) is 6.04 Å². The minimum Gasteiger partial charge on any atom is -0.382 e. The lowest BCUT2D eigenvalue weighted by Crippen LogP contribution is -2.09. The number of nitrogens with two attached hydrogens (primary N) is 1. The lowest BCUT2D eigenvalue weighted by molar-refractivity contribution is 0.406. The van der Waals surface area contributed by atoms with Crippen LogP contribution in [0.25, 0.3) is 11.2 Å². The highest BCUT2D eigenvalue weighted by molar-refractivity contribution is 5.81. The van der Waals surface area contributed by atoms with Crippen LogP contribution in [0.3, 0.4) is 0 Å². The first-order chi connectivity index (χ1) is 10.3. The van der Waals surface area contributed by atoms with Crippen LogP contribution in [-0.2, 0) is 0 Å². The van der Waals surface area contributed by atoms with E-state index in [0.29, 0.717) is 11.9 Å². The van der Waals surface area contributed by atoms with Gasteiger partial charge >= 0.3 is 0 Å². The zero-order chi connectivity index (χ0) is 15.1. The average molecular weight is 289 g/mol. The van der Waals surface area contributed by atoms with Gasteiger partial charge in [-0.25, -0.2) is 15.0 Å². The van der Waals surface area contributed by atoms with Gasteiger partial charge in [-0.3, -0.25) is 0 Å². The molecule has 2 aromatic heterocycles. The molecule has 0 spiro atoms. The first-order valence-corrected chi connectivity index (χ1v) is 8.20. The molecule has 0 saturated heterocycles. The molecular weight excluding hydrogens is 262 g/mol. The third kappa shape index (κ3) is 3.93. The van der Waals surface area contributed by atoms with Gasteiger partial charge in [-0.15, -0.1) is 0 Å². The predicted molar refractivity (Wildman–Crippen MR) is 87.1 cm³/mol. The van der Waals surface area contributed by atoms with Crippen LogP contribution in [-0.4, -0.2) is 19.5 Å². The Kier molecular flexibility index (Phi) is 5.96. The molecule has 5 heteroatoms. The zero-order valence-electron chi connectivity index (χ0n) is 13.3. The zero-order valence-corrected chi connectivity index (χ0v) is 13.3. The second-order valence-corrected chi connectivity index (χ2v) is 5.73. The summed E-state index contributed by atoms with van der Waals surface area (Å²) in [6, 6.07) is 0.474. The molecule has 0 aromatic carbocycles. The molecule has 0 aliphatic heterocycles. The molecule has 21 heavy (non-hydrogen) atoms. The van der Waals surface area contributed by atoms with Crippen molar-refractivity contribution < 1.29 is 0 Å². The average Bonchev–Trinajstić information content (AvgIpc) is 2.91. The number of unbranched alkanes of at least 4 members (excludes halogenated alkanes) is 4. The molecule has 0 fully saturated rings. The van der Waals surface area contributed by atoms with Crippen molar-refractivity contribution >= 4 is 17.0 Å². The van der Waals surface area contributed by atoms with Crippen molar-refractivity contribution in [3.8, 4) is 0 Å². The summed E-state index contributed by atoms with van der Waals surface area (Å²) in [4.78, 5) is 12.8. The molecule has 0 amide bonds. The molecule has 0 atom stereocenters. The van der Waals surface area contributed by atoms with Crippen LogP contribution >= 0.6 is 0 Å². The van der Waals surface area contributed by atoms with Crippen molar-refractivity contribution in [1.82, 2.24) is 19.5 Å². The van der Waals surface area contributed by atoms with Gasteiger partial charge in [-0.2, -0.15) is 0 Å². The topological polar surface area (TPSA) is 69.6 Å². The maximum atomic E-state index is 5.89. The minimum absolute atomic E-state index is 0.472. The molecule has 0 saturated carbocycles. The summed E-state index contributed by atoms with van der Waals surface area (Å²) in [5.41, 5.74) is 7.49. The lowest BCUT2D eigenvalue weighted by atomic mass is 10.0. The van der Waals surface area contributed by atoms with Crippen LogP contribution in [0.15, 0.2) is 12.7 Å². The van der Waals surface area contributed by atoms with Crippen molar-refractivity contribution in [2.45, 2.75) is 71.3 Å². The summed E-state index contributed by atoms with van der Waals surface area (Å²) >= 11 is 0. The highest BCUT2D eigenvalue weighted by Crippen LogP contribution is 2.27. The second kappa shape index (κ2) is 7.96. The van der Waals surface area contributed by atoms with Crippen LogP contribution in [0.5, 0.6) is 0 Å². The Morgan fingerprint density at radius 2 is 1.67 bits per heavy atom. The van der Waals surface area contributed by atoms with Crippen LogP contribution in [0.2, 0.25) is 0 Å². The van der Waals surface area contributed by atoms with Gasteiger partial charge in [0.05, 0.1) is 6.33 Å². The number of imidazole rings is 1. The van der Waals surface area contributed by atoms with E-state index in [1.165, 1.54) is 57.7 Å². The molecule has 116 valence electrons. The van der Waals surface area contributed by atoms with E-state index in [1.54, 1.807) is 0 Å². The monoisotopic (exact) mass is 289 g/mol. The van der Waals surface area contributed by atoms with E-state index in [1.807, 2.05) is 6.33 Å². The fourth-order valence-corrected chi connectivity index (χ4v) is 2.82. The highest BCUT2D eigenvalue weighted by Gasteiger charge is 2.16. The van der Waals surface area contributed by atoms with E-state index in [0.717, 1.165) is 11.2 Å². The fraction of sp³-hybridized carbons (Fsp3) is 0.688. The number of rotatable bonds is 9. The maximum Gasteiger partial charge on any atom is 0.165 e. The number of hydrogen-bond donors (Lipinski definition) is 1. The first-order valence-electron chi connectivity index (χ1n) is 8.20. The van der Waals surface area contributed by atoms with E-state index in [2.05, 4.69) is 33.4 Å². The Bertz CT molecular complexity index is 539. The van der Waals surface area contributed by atoms with Crippen LogP contribution in [0, 0.1) is 0 Å². The second-order valence-electron chi connectivity index (χ2n) is 5.73. The van der Waals surface area contributed by atoms with E-state index in [9.17, 15) is 0 Å². The number of fused-ring (bicyclic) bond motifs is 1. The molecule has 0 unspecified atom stereocenters. The molecule has 0 radical (unpaired) electrons. The van der Waals surface area contributed by atoms with E-state index in [-0.39, 0.29) is 0 Å². The van der Waals surface area contributed by atoms with Crippen molar-refractivity contribution in [3.63, 3.8) is 0 Å². The third-order valence-corrected chi connectivity index (χ3v) is 4.06. The van der Waals surface area contributed by atoms with Crippen molar-refractivity contribution in [1.29, 1.82) is 0 Å². The van der Waals surface area contributed by atoms with Crippen LogP contribution in [0.4, 0.5) is 5.82 Å². The molecule has 0 bridgehead atoms. The summed E-state index contributed by atoms with van der Waals surface area (Å²) in [7, 11) is 0. The van der Waals surface area contributed by atoms with Gasteiger partial charge in [0.25, 0.3) is 0 Å². The SMILES string of the molecule is CCCCCC(CCCCC)n1cnc2c(N)ncnc21. The smallest absolute Gasteiger partial charge is 0.165 e. The Labute approximate surface area is 127 Å². The number of hydrogen-bond acceptors (Lipinski definition) is 4. The van der Waals surface area contributed by atoms with Crippen LogP contribution < -0.4 is 5.73 Å². The van der Waals surface area contributed by atoms with Gasteiger partial charge in [0.1, 0.15) is 11.8 Å². The molecular formula is C16H27N5. The first kappa shape index (κ1) is 15.7. The van der Waals surface area contributed by atoms with Gasteiger partial charge in [-0.05, 0) is 12.8 Å². The summed E-state index contributed by atoms with van der Waals surface area (Å²) < 4.78 is 2.21. The Hall–Kier alpha value is -1.65. The normalized spacial score (nSPS) is 11.6. The molecule has 2 N–H and O–H groups in total. The van der Waals surface area contributed by atoms with Crippen molar-refractivity contribution in [2.24, 2.45) is 0 Å². The Morgan fingerprint density at radius 3 is 2.29 bits per heavy atom. The number of anilines is 1. The molecule has 2 heterocycles. The molecule has 0 aliphatic rings. The Morgan fingerprint density at radius 1 is 1.00 bits per heavy atom. The summed E-state index contributed by atoms with van der Waals surface area (Å²) in [6.07, 6.45) is 13.4. The lowest BCUT2D eigenvalue weighted by Gasteiger charge is -2.19. The summed E-state index contributed by atoms with van der Waals surface area (Å²) in [6.45, 7) is 4.49. The summed E-state index contributed by atoms with van der Waals surface area (Å²) in [5.74, 6) is 0.472. The third-order valence-electron chi connectivity index (χ3n) is 4.06. The fourth-order valence-electron chi connectivity index (χ4n) is 2.82. The van der Waals surface area contributed by atoms with Crippen LogP contribution in [0.1, 0.15) is 71.3 Å². The van der Waals surface area contributed by atoms with E-state index in [4.69, 9.17) is 5.73 Å². The standard InChI is InChI=1S/C16H27N5/c1-3-5-7-9-13(10-8-6-4-2)21-12-20-14-15(17)18-11-19-16(14)21/h11-13H,3-10H2,1-2H3,(H2,17,18,19). The van der Waals surface area contributed by atoms with Gasteiger partial charge in [0.15, 0.2) is 11.5 Å². The van der Waals surface area contributed by atoms with Crippen molar-refractivity contribution in [2.75, 3.05) is 5.73 Å². The largest absolute Gasteiger partial charge is 0.382 e. The number of nitrogens with zero attached hydrogens (tertiary/aromatic N) is 4. The maximum absolute atomic E-state index is 5.89. The highest BCUT2D eigenvalue weighted by atomic mass is 15.1. The molecule has 5 nitrogen and oxygen atoms in total. The Balaban J connectivity index is 2.18.